The van der Waals surface area contributed by atoms with Crippen molar-refractivity contribution < 1.29 is 9.47 Å². The van der Waals surface area contributed by atoms with Crippen molar-refractivity contribution in [1.82, 2.24) is 0 Å². The Morgan fingerprint density at radius 2 is 1.64 bits per heavy atom. The van der Waals surface area contributed by atoms with Crippen LogP contribution < -0.4 is 0 Å². The normalized spacial score (nSPS) is 20.3. The average molecular weight is 311 g/mol. The van der Waals surface area contributed by atoms with E-state index in [0.29, 0.717) is 5.92 Å². The van der Waals surface area contributed by atoms with E-state index in [2.05, 4.69) is 41.2 Å². The van der Waals surface area contributed by atoms with Gasteiger partial charge in [-0.1, -0.05) is 58.6 Å². The summed E-state index contributed by atoms with van der Waals surface area (Å²) in [5.41, 5.74) is 1.32. The summed E-state index contributed by atoms with van der Waals surface area (Å²) in [6.45, 7) is 17.0. The third kappa shape index (κ3) is 7.78. The van der Waals surface area contributed by atoms with Crippen LogP contribution in [0.1, 0.15) is 79.6 Å². The van der Waals surface area contributed by atoms with Gasteiger partial charge in [-0.3, -0.25) is 0 Å². The third-order valence-corrected chi connectivity index (χ3v) is 5.03. The van der Waals surface area contributed by atoms with Crippen molar-refractivity contribution >= 4 is 0 Å². The van der Waals surface area contributed by atoms with Crippen LogP contribution in [-0.2, 0) is 9.47 Å². The van der Waals surface area contributed by atoms with E-state index >= 15 is 0 Å². The van der Waals surface area contributed by atoms with E-state index in [1.807, 2.05) is 0 Å². The van der Waals surface area contributed by atoms with Crippen LogP contribution in [-0.4, -0.2) is 19.0 Å². The van der Waals surface area contributed by atoms with Crippen molar-refractivity contribution in [3.63, 3.8) is 0 Å². The quantitative estimate of drug-likeness (QED) is 0.438. The maximum absolute atomic E-state index is 5.72. The molecule has 0 N–H and O–H groups in total. The van der Waals surface area contributed by atoms with Gasteiger partial charge in [-0.05, 0) is 44.4 Å². The first kappa shape index (κ1) is 19.7. The molecule has 2 unspecified atom stereocenters. The van der Waals surface area contributed by atoms with Crippen molar-refractivity contribution in [2.45, 2.75) is 85.4 Å². The van der Waals surface area contributed by atoms with Crippen LogP contribution in [0, 0.1) is 17.8 Å². The van der Waals surface area contributed by atoms with Gasteiger partial charge in [0.2, 0.25) is 0 Å². The Labute approximate surface area is 138 Å². The molecule has 1 aliphatic rings. The second-order valence-electron chi connectivity index (χ2n) is 7.92. The Morgan fingerprint density at radius 3 is 2.18 bits per heavy atom. The van der Waals surface area contributed by atoms with E-state index in [0.717, 1.165) is 37.9 Å². The van der Waals surface area contributed by atoms with E-state index in [-0.39, 0.29) is 5.79 Å². The lowest BCUT2D eigenvalue weighted by atomic mass is 9.86. The van der Waals surface area contributed by atoms with Gasteiger partial charge in [0.25, 0.3) is 0 Å². The molecule has 0 bridgehead atoms. The molecule has 1 heterocycles. The lowest BCUT2D eigenvalue weighted by molar-refractivity contribution is -0.148. The number of hydrogen-bond donors (Lipinski definition) is 0. The molecule has 0 spiro atoms. The number of ether oxygens (including phenoxy) is 2. The highest BCUT2D eigenvalue weighted by atomic mass is 16.7. The summed E-state index contributed by atoms with van der Waals surface area (Å²) in [6.07, 6.45) is 8.78. The first-order chi connectivity index (χ1) is 10.3. The summed E-state index contributed by atoms with van der Waals surface area (Å²) < 4.78 is 11.4. The van der Waals surface area contributed by atoms with Crippen molar-refractivity contribution in [1.29, 1.82) is 0 Å². The molecule has 0 aliphatic carbocycles. The lowest BCUT2D eigenvalue weighted by Crippen LogP contribution is -2.26. The molecule has 0 saturated carbocycles. The summed E-state index contributed by atoms with van der Waals surface area (Å²) in [7, 11) is 0. The monoisotopic (exact) mass is 310 g/mol. The zero-order valence-electron chi connectivity index (χ0n) is 15.6. The second-order valence-corrected chi connectivity index (χ2v) is 7.92. The molecule has 0 aromatic rings. The van der Waals surface area contributed by atoms with E-state index < -0.39 is 0 Å². The van der Waals surface area contributed by atoms with Crippen molar-refractivity contribution in [2.75, 3.05) is 13.2 Å². The first-order valence-electron chi connectivity index (χ1n) is 9.25. The molecule has 1 aliphatic heterocycles. The van der Waals surface area contributed by atoms with Crippen molar-refractivity contribution in [2.24, 2.45) is 17.8 Å². The van der Waals surface area contributed by atoms with Gasteiger partial charge in [0.05, 0.1) is 13.2 Å². The molecule has 0 amide bonds. The van der Waals surface area contributed by atoms with E-state index in [1.54, 1.807) is 0 Å². The van der Waals surface area contributed by atoms with Crippen molar-refractivity contribution in [3.05, 3.63) is 12.2 Å². The molecule has 22 heavy (non-hydrogen) atoms. The summed E-state index contributed by atoms with van der Waals surface area (Å²) in [4.78, 5) is 0. The Bertz CT molecular complexity index is 316. The highest BCUT2D eigenvalue weighted by Gasteiger charge is 2.31. The third-order valence-electron chi connectivity index (χ3n) is 5.03. The first-order valence-corrected chi connectivity index (χ1v) is 9.25. The van der Waals surface area contributed by atoms with Gasteiger partial charge in [-0.25, -0.2) is 0 Å². The van der Waals surface area contributed by atoms with Crippen LogP contribution in [0.5, 0.6) is 0 Å². The number of hydrogen-bond acceptors (Lipinski definition) is 2. The van der Waals surface area contributed by atoms with E-state index in [1.165, 1.54) is 37.7 Å². The molecule has 0 radical (unpaired) electrons. The second kappa shape index (κ2) is 9.72. The molecule has 0 aromatic heterocycles. The highest BCUT2D eigenvalue weighted by Crippen LogP contribution is 2.31. The van der Waals surface area contributed by atoms with E-state index in [9.17, 15) is 0 Å². The van der Waals surface area contributed by atoms with Gasteiger partial charge >= 0.3 is 0 Å². The number of rotatable bonds is 11. The number of allylic oxidation sites excluding steroid dienone is 1. The summed E-state index contributed by atoms with van der Waals surface area (Å²) in [5, 5.41) is 0. The summed E-state index contributed by atoms with van der Waals surface area (Å²) >= 11 is 0. The summed E-state index contributed by atoms with van der Waals surface area (Å²) in [6, 6.07) is 0. The van der Waals surface area contributed by atoms with Crippen molar-refractivity contribution in [3.8, 4) is 0 Å². The Hall–Kier alpha value is -0.340. The Balaban J connectivity index is 2.27. The van der Waals surface area contributed by atoms with Crippen LogP contribution in [0.4, 0.5) is 0 Å². The van der Waals surface area contributed by atoms with Crippen LogP contribution in [0.2, 0.25) is 0 Å². The molecule has 1 saturated heterocycles. The minimum Gasteiger partial charge on any atom is -0.348 e. The zero-order chi connectivity index (χ0) is 16.6. The smallest absolute Gasteiger partial charge is 0.165 e. The topological polar surface area (TPSA) is 18.5 Å². The van der Waals surface area contributed by atoms with Gasteiger partial charge < -0.3 is 9.47 Å². The molecule has 2 atom stereocenters. The van der Waals surface area contributed by atoms with Gasteiger partial charge in [0.1, 0.15) is 0 Å². The SMILES string of the molecule is C=C(C)C(CCC(C)CCCC(C)C)CCC1(C)OCCO1. The average Bonchev–Trinajstić information content (AvgIpc) is 2.85. The molecular formula is C20H38O2. The Kier molecular flexibility index (Phi) is 8.71. The summed E-state index contributed by atoms with van der Waals surface area (Å²) in [5.74, 6) is 1.92. The fourth-order valence-electron chi connectivity index (χ4n) is 3.28. The lowest BCUT2D eigenvalue weighted by Gasteiger charge is -2.26. The van der Waals surface area contributed by atoms with Gasteiger partial charge in [0, 0.05) is 6.42 Å². The fraction of sp³-hybridized carbons (Fsp3) is 0.900. The maximum atomic E-state index is 5.72. The molecule has 0 aromatic carbocycles. The minimum atomic E-state index is -0.351. The molecule has 1 fully saturated rings. The maximum Gasteiger partial charge on any atom is 0.165 e. The zero-order valence-corrected chi connectivity index (χ0v) is 15.6. The largest absolute Gasteiger partial charge is 0.348 e. The van der Waals surface area contributed by atoms with Crippen LogP contribution >= 0.6 is 0 Å². The highest BCUT2D eigenvalue weighted by molar-refractivity contribution is 4.96. The standard InChI is InChI=1S/C20H38O2/c1-16(2)8-7-9-18(5)10-11-19(17(3)4)12-13-20(6)21-14-15-22-20/h16,18-19H,3,7-15H2,1-2,4-6H3. The molecule has 2 nitrogen and oxygen atoms in total. The molecule has 1 rings (SSSR count). The van der Waals surface area contributed by atoms with E-state index in [4.69, 9.17) is 9.47 Å². The van der Waals surface area contributed by atoms with Crippen LogP contribution in [0.25, 0.3) is 0 Å². The predicted molar refractivity (Wildman–Crippen MR) is 94.9 cm³/mol. The van der Waals surface area contributed by atoms with Gasteiger partial charge in [-0.2, -0.15) is 0 Å². The predicted octanol–water partition coefficient (Wildman–Crippen LogP) is 5.96. The van der Waals surface area contributed by atoms with Gasteiger partial charge in [-0.15, -0.1) is 0 Å². The fourth-order valence-corrected chi connectivity index (χ4v) is 3.28. The minimum absolute atomic E-state index is 0.351. The Morgan fingerprint density at radius 1 is 1.00 bits per heavy atom. The van der Waals surface area contributed by atoms with Crippen LogP contribution in [0.15, 0.2) is 12.2 Å². The molecular weight excluding hydrogens is 272 g/mol. The van der Waals surface area contributed by atoms with Gasteiger partial charge in [0.15, 0.2) is 5.79 Å². The molecule has 130 valence electrons. The molecule has 2 heteroatoms. The van der Waals surface area contributed by atoms with Crippen LogP contribution in [0.3, 0.4) is 0 Å².